The van der Waals surface area contributed by atoms with Crippen LogP contribution in [-0.4, -0.2) is 107 Å². The molecule has 3 heterocycles. The summed E-state index contributed by atoms with van der Waals surface area (Å²) in [6, 6.07) is 11.5. The molecule has 2 saturated heterocycles. The van der Waals surface area contributed by atoms with Gasteiger partial charge in [0.05, 0.1) is 18.2 Å². The Morgan fingerprint density at radius 3 is 2.43 bits per heavy atom. The number of pyridine rings is 1. The fourth-order valence-corrected chi connectivity index (χ4v) is 6.34. The first kappa shape index (κ1) is 37.0. The number of fused-ring (bicyclic) bond motifs is 1. The van der Waals surface area contributed by atoms with Crippen LogP contribution in [0.3, 0.4) is 0 Å². The molecule has 2 aliphatic rings. The minimum Gasteiger partial charge on any atom is -0.483 e. The van der Waals surface area contributed by atoms with Crippen LogP contribution in [0, 0.1) is 12.7 Å². The maximum Gasteiger partial charge on any atom is 0.409 e. The molecule has 272 valence electrons. The highest BCUT2D eigenvalue weighted by Gasteiger charge is 2.32. The van der Waals surface area contributed by atoms with Gasteiger partial charge in [0.1, 0.15) is 23.3 Å². The van der Waals surface area contributed by atoms with Crippen molar-refractivity contribution in [1.29, 1.82) is 0 Å². The first-order valence-corrected chi connectivity index (χ1v) is 17.4. The smallest absolute Gasteiger partial charge is 0.409 e. The number of unbranched alkanes of at least 4 members (excludes halogenated alkanes) is 1. The van der Waals surface area contributed by atoms with E-state index in [1.807, 2.05) is 19.9 Å². The van der Waals surface area contributed by atoms with Crippen molar-refractivity contribution in [2.24, 2.45) is 0 Å². The van der Waals surface area contributed by atoms with Gasteiger partial charge < -0.3 is 34.6 Å². The van der Waals surface area contributed by atoms with Gasteiger partial charge in [-0.05, 0) is 68.0 Å². The molecule has 4 amide bonds. The maximum absolute atomic E-state index is 13.7. The molecule has 2 atom stereocenters. The molecular weight excluding hydrogens is 661 g/mol. The molecule has 1 aromatic heterocycles. The lowest BCUT2D eigenvalue weighted by molar-refractivity contribution is -0.138. The molecule has 5 rings (SSSR count). The van der Waals surface area contributed by atoms with Gasteiger partial charge in [-0.2, -0.15) is 0 Å². The summed E-state index contributed by atoms with van der Waals surface area (Å²) in [6.45, 7) is 5.26. The quantitative estimate of drug-likeness (QED) is 0.245. The molecule has 0 aliphatic carbocycles. The molecule has 2 aliphatic heterocycles. The van der Waals surface area contributed by atoms with Crippen LogP contribution in [0.2, 0.25) is 0 Å². The van der Waals surface area contributed by atoms with Gasteiger partial charge in [0, 0.05) is 50.6 Å². The summed E-state index contributed by atoms with van der Waals surface area (Å²) in [5, 5.41) is 12.6. The van der Waals surface area contributed by atoms with Crippen molar-refractivity contribution in [3.63, 3.8) is 0 Å². The topological polar surface area (TPSA) is 159 Å². The average Bonchev–Trinajstić information content (AvgIpc) is 3.62. The maximum atomic E-state index is 13.7. The van der Waals surface area contributed by atoms with Crippen LogP contribution in [0.15, 0.2) is 48.5 Å². The Balaban J connectivity index is 1.29. The van der Waals surface area contributed by atoms with Gasteiger partial charge in [0.2, 0.25) is 5.91 Å². The van der Waals surface area contributed by atoms with E-state index in [4.69, 9.17) is 9.47 Å². The number of aliphatic carboxylic acids is 1. The lowest BCUT2D eigenvalue weighted by Crippen LogP contribution is -2.56. The van der Waals surface area contributed by atoms with Crippen molar-refractivity contribution in [3.8, 4) is 5.75 Å². The number of carboxylic acid groups (broad SMARTS) is 1. The number of nitrogens with one attached hydrogen (secondary N) is 1. The van der Waals surface area contributed by atoms with Crippen LogP contribution in [-0.2, 0) is 19.1 Å². The Morgan fingerprint density at radius 2 is 1.73 bits per heavy atom. The van der Waals surface area contributed by atoms with Gasteiger partial charge in [-0.3, -0.25) is 19.2 Å². The van der Waals surface area contributed by atoms with Gasteiger partial charge in [-0.15, -0.1) is 0 Å². The number of carbonyl (C=O) groups is 5. The van der Waals surface area contributed by atoms with Crippen molar-refractivity contribution in [2.75, 3.05) is 45.9 Å². The standard InChI is InChI=1S/C37H44FN5O8/c1-3-4-20-50-37(49)42-18-16-41(17-19-42)36(48)28(13-14-34(45)46)40-35(47)30-22-32(27-12-7-24(2)21-29(27)39-30)51-23-33(44)43-15-5-6-31(43)25-8-10-26(38)11-9-25/h7-12,21-22,28,31H,3-6,13-20,23H2,1-2H3,(H,40,47)(H,45,46)/t28?,31-/m0/s1. The van der Waals surface area contributed by atoms with Crippen molar-refractivity contribution >= 4 is 40.7 Å². The third-order valence-electron chi connectivity index (χ3n) is 9.16. The molecule has 0 spiro atoms. The lowest BCUT2D eigenvalue weighted by atomic mass is 10.0. The molecule has 14 heteroatoms. The number of carbonyl (C=O) groups excluding carboxylic acids is 4. The minimum atomic E-state index is -1.17. The summed E-state index contributed by atoms with van der Waals surface area (Å²) in [6.07, 6.45) is 2.20. The number of hydrogen-bond donors (Lipinski definition) is 2. The van der Waals surface area contributed by atoms with E-state index in [9.17, 15) is 33.5 Å². The largest absolute Gasteiger partial charge is 0.483 e. The zero-order valence-corrected chi connectivity index (χ0v) is 28.9. The number of amides is 4. The van der Waals surface area contributed by atoms with Crippen LogP contribution in [0.5, 0.6) is 5.75 Å². The first-order valence-electron chi connectivity index (χ1n) is 17.4. The van der Waals surface area contributed by atoms with Crippen LogP contribution in [0.25, 0.3) is 10.9 Å². The Hall–Kier alpha value is -5.27. The summed E-state index contributed by atoms with van der Waals surface area (Å²) in [4.78, 5) is 73.8. The second-order valence-corrected chi connectivity index (χ2v) is 12.9. The van der Waals surface area contributed by atoms with Crippen molar-refractivity contribution < 1.29 is 42.9 Å². The summed E-state index contributed by atoms with van der Waals surface area (Å²) >= 11 is 0. The zero-order chi connectivity index (χ0) is 36.5. The molecule has 0 saturated carbocycles. The highest BCUT2D eigenvalue weighted by Crippen LogP contribution is 2.33. The number of rotatable bonds is 13. The molecule has 13 nitrogen and oxygen atoms in total. The fraction of sp³-hybridized carbons (Fsp3) is 0.459. The fourth-order valence-electron chi connectivity index (χ4n) is 6.34. The third-order valence-corrected chi connectivity index (χ3v) is 9.16. The Labute approximate surface area is 295 Å². The minimum absolute atomic E-state index is 0.0753. The number of likely N-dealkylation sites (tertiary alicyclic amines) is 1. The van der Waals surface area contributed by atoms with Crippen molar-refractivity contribution in [2.45, 2.75) is 64.5 Å². The van der Waals surface area contributed by atoms with Gasteiger partial charge in [0.25, 0.3) is 11.8 Å². The molecule has 0 radical (unpaired) electrons. The summed E-state index contributed by atoms with van der Waals surface area (Å²) in [5.41, 5.74) is 2.07. The van der Waals surface area contributed by atoms with E-state index in [1.54, 1.807) is 29.2 Å². The number of ether oxygens (including phenoxy) is 2. The van der Waals surface area contributed by atoms with Gasteiger partial charge >= 0.3 is 12.1 Å². The van der Waals surface area contributed by atoms with Gasteiger partial charge in [0.15, 0.2) is 6.61 Å². The number of hydrogen-bond acceptors (Lipinski definition) is 8. The highest BCUT2D eigenvalue weighted by molar-refractivity contribution is 5.99. The number of benzene rings is 2. The number of carboxylic acids is 1. The zero-order valence-electron chi connectivity index (χ0n) is 28.9. The monoisotopic (exact) mass is 705 g/mol. The Bertz CT molecular complexity index is 1740. The van der Waals surface area contributed by atoms with E-state index in [1.165, 1.54) is 28.0 Å². The average molecular weight is 706 g/mol. The summed E-state index contributed by atoms with van der Waals surface area (Å²) in [5.74, 6) is -2.68. The second kappa shape index (κ2) is 17.1. The van der Waals surface area contributed by atoms with Crippen molar-refractivity contribution in [1.82, 2.24) is 25.0 Å². The Morgan fingerprint density at radius 1 is 1.00 bits per heavy atom. The van der Waals surface area contributed by atoms with E-state index >= 15 is 0 Å². The van der Waals surface area contributed by atoms with Crippen LogP contribution >= 0.6 is 0 Å². The molecule has 51 heavy (non-hydrogen) atoms. The van der Waals surface area contributed by atoms with Crippen LogP contribution in [0.4, 0.5) is 9.18 Å². The molecule has 2 fully saturated rings. The predicted molar refractivity (Wildman–Crippen MR) is 185 cm³/mol. The normalized spacial score (nSPS) is 16.5. The SMILES string of the molecule is CCCCOC(=O)N1CCN(C(=O)C(CCC(=O)O)NC(=O)c2cc(OCC(=O)N3CCC[C@H]3c3ccc(F)cc3)c3ccc(C)cc3n2)CC1. The number of aryl methyl sites for hydroxylation is 1. The lowest BCUT2D eigenvalue weighted by Gasteiger charge is -2.36. The van der Waals surface area contributed by atoms with Gasteiger partial charge in [-0.1, -0.05) is 31.5 Å². The third kappa shape index (κ3) is 9.50. The van der Waals surface area contributed by atoms with Crippen LogP contribution < -0.4 is 10.1 Å². The van der Waals surface area contributed by atoms with Crippen LogP contribution in [0.1, 0.15) is 73.1 Å². The van der Waals surface area contributed by atoms with Gasteiger partial charge in [-0.25, -0.2) is 14.2 Å². The summed E-state index contributed by atoms with van der Waals surface area (Å²) in [7, 11) is 0. The van der Waals surface area contributed by atoms with E-state index in [-0.39, 0.29) is 74.8 Å². The number of aromatic nitrogens is 1. The molecule has 0 bridgehead atoms. The Kier molecular flexibility index (Phi) is 12.4. The first-order chi connectivity index (χ1) is 24.5. The molecule has 3 aromatic rings. The second-order valence-electron chi connectivity index (χ2n) is 12.9. The van der Waals surface area contributed by atoms with E-state index in [0.29, 0.717) is 24.1 Å². The molecule has 2 N–H and O–H groups in total. The van der Waals surface area contributed by atoms with E-state index in [0.717, 1.165) is 36.8 Å². The predicted octanol–water partition coefficient (Wildman–Crippen LogP) is 4.47. The number of nitrogens with zero attached hydrogens (tertiary/aromatic N) is 4. The van der Waals surface area contributed by atoms with E-state index in [2.05, 4.69) is 10.3 Å². The molecule has 2 aromatic carbocycles. The highest BCUT2D eigenvalue weighted by atomic mass is 19.1. The van der Waals surface area contributed by atoms with Crippen molar-refractivity contribution in [3.05, 3.63) is 71.2 Å². The van der Waals surface area contributed by atoms with E-state index < -0.39 is 29.9 Å². The number of piperazine rings is 1. The molecular formula is C37H44FN5O8. The number of halogens is 1. The summed E-state index contributed by atoms with van der Waals surface area (Å²) < 4.78 is 24.9. The molecule has 1 unspecified atom stereocenters.